The Morgan fingerprint density at radius 2 is 1.94 bits per heavy atom. The van der Waals surface area contributed by atoms with E-state index in [0.29, 0.717) is 6.04 Å². The third-order valence-corrected chi connectivity index (χ3v) is 3.07. The van der Waals surface area contributed by atoms with Crippen molar-refractivity contribution in [2.24, 2.45) is 0 Å². The van der Waals surface area contributed by atoms with Gasteiger partial charge in [-0.25, -0.2) is 0 Å². The Labute approximate surface area is 98.3 Å². The number of piperidine rings is 1. The van der Waals surface area contributed by atoms with Gasteiger partial charge in [-0.2, -0.15) is 0 Å². The number of carbonyl (C=O) groups excluding carboxylic acids is 1. The fourth-order valence-electron chi connectivity index (χ4n) is 2.25. The van der Waals surface area contributed by atoms with Gasteiger partial charge in [0, 0.05) is 12.6 Å². The number of ether oxygens (including phenoxy) is 1. The van der Waals surface area contributed by atoms with Crippen LogP contribution in [-0.2, 0) is 9.53 Å². The van der Waals surface area contributed by atoms with Crippen LogP contribution in [0.3, 0.4) is 0 Å². The van der Waals surface area contributed by atoms with E-state index in [0.717, 1.165) is 6.54 Å². The van der Waals surface area contributed by atoms with E-state index in [1.807, 2.05) is 6.92 Å². The average molecular weight is 228 g/mol. The van der Waals surface area contributed by atoms with Crippen LogP contribution in [0.2, 0.25) is 0 Å². The van der Waals surface area contributed by atoms with Crippen molar-refractivity contribution in [3.8, 4) is 0 Å². The summed E-state index contributed by atoms with van der Waals surface area (Å²) in [4.78, 5) is 13.7. The highest BCUT2D eigenvalue weighted by Crippen LogP contribution is 2.08. The van der Waals surface area contributed by atoms with Crippen LogP contribution in [0.5, 0.6) is 0 Å². The van der Waals surface area contributed by atoms with E-state index in [1.54, 1.807) is 0 Å². The molecule has 1 aliphatic heterocycles. The van der Waals surface area contributed by atoms with Gasteiger partial charge in [-0.15, -0.1) is 0 Å². The number of hydrogen-bond acceptors (Lipinski definition) is 4. The van der Waals surface area contributed by atoms with E-state index in [2.05, 4.69) is 21.9 Å². The molecule has 94 valence electrons. The molecule has 0 aliphatic carbocycles. The van der Waals surface area contributed by atoms with Gasteiger partial charge in [0.15, 0.2) is 0 Å². The van der Waals surface area contributed by atoms with E-state index in [9.17, 15) is 4.79 Å². The first kappa shape index (κ1) is 13.5. The minimum Gasteiger partial charge on any atom is -0.468 e. The molecule has 16 heavy (non-hydrogen) atoms. The van der Waals surface area contributed by atoms with Crippen LogP contribution in [0, 0.1) is 0 Å². The Balaban J connectivity index is 2.23. The maximum Gasteiger partial charge on any atom is 0.322 e. The van der Waals surface area contributed by atoms with Gasteiger partial charge in [0.05, 0.1) is 7.11 Å². The Morgan fingerprint density at radius 3 is 2.50 bits per heavy atom. The number of likely N-dealkylation sites (tertiary alicyclic amines) is 1. The zero-order chi connectivity index (χ0) is 12.0. The Bertz CT molecular complexity index is 215. The summed E-state index contributed by atoms with van der Waals surface area (Å²) in [5.41, 5.74) is 0. The summed E-state index contributed by atoms with van der Waals surface area (Å²) < 4.78 is 4.69. The highest BCUT2D eigenvalue weighted by Gasteiger charge is 2.18. The number of nitrogens with one attached hydrogen (secondary N) is 1. The summed E-state index contributed by atoms with van der Waals surface area (Å²) in [6.45, 7) is 7.37. The van der Waals surface area contributed by atoms with Crippen molar-refractivity contribution in [2.45, 2.75) is 45.2 Å². The van der Waals surface area contributed by atoms with Gasteiger partial charge in [0.1, 0.15) is 6.04 Å². The number of nitrogens with zero attached hydrogens (tertiary/aromatic N) is 1. The minimum absolute atomic E-state index is 0.189. The predicted molar refractivity (Wildman–Crippen MR) is 64.4 cm³/mol. The summed E-state index contributed by atoms with van der Waals surface area (Å²) in [6, 6.07) is 0.108. The van der Waals surface area contributed by atoms with Crippen LogP contribution in [-0.4, -0.2) is 49.7 Å². The van der Waals surface area contributed by atoms with Crippen LogP contribution in [0.4, 0.5) is 0 Å². The molecule has 1 N–H and O–H groups in total. The zero-order valence-electron chi connectivity index (χ0n) is 10.7. The lowest BCUT2D eigenvalue weighted by atomic mass is 10.1. The third-order valence-electron chi connectivity index (χ3n) is 3.07. The molecule has 0 saturated carbocycles. The zero-order valence-corrected chi connectivity index (χ0v) is 10.7. The van der Waals surface area contributed by atoms with E-state index in [-0.39, 0.29) is 12.0 Å². The normalized spacial score (nSPS) is 21.4. The summed E-state index contributed by atoms with van der Waals surface area (Å²) in [5.74, 6) is -0.189. The molecule has 1 fully saturated rings. The molecular formula is C12H24N2O2. The molecule has 0 spiro atoms. The lowest BCUT2D eigenvalue weighted by molar-refractivity contribution is -0.142. The maximum atomic E-state index is 11.2. The summed E-state index contributed by atoms with van der Waals surface area (Å²) in [6.07, 6.45) is 3.97. The van der Waals surface area contributed by atoms with Crippen molar-refractivity contribution < 1.29 is 9.53 Å². The summed E-state index contributed by atoms with van der Waals surface area (Å²) in [7, 11) is 1.43. The number of esters is 1. The van der Waals surface area contributed by atoms with Crippen molar-refractivity contribution in [1.29, 1.82) is 0 Å². The van der Waals surface area contributed by atoms with Gasteiger partial charge >= 0.3 is 5.97 Å². The van der Waals surface area contributed by atoms with Crippen LogP contribution < -0.4 is 5.32 Å². The Hall–Kier alpha value is -0.610. The number of rotatable bonds is 5. The molecule has 2 atom stereocenters. The molecule has 1 saturated heterocycles. The second-order valence-electron chi connectivity index (χ2n) is 4.67. The van der Waals surface area contributed by atoms with Crippen molar-refractivity contribution >= 4 is 5.97 Å². The predicted octanol–water partition coefficient (Wildman–Crippen LogP) is 1.01. The van der Waals surface area contributed by atoms with Gasteiger partial charge in [-0.05, 0) is 39.8 Å². The van der Waals surface area contributed by atoms with Gasteiger partial charge in [0.25, 0.3) is 0 Å². The van der Waals surface area contributed by atoms with E-state index < -0.39 is 0 Å². The third kappa shape index (κ3) is 4.49. The summed E-state index contributed by atoms with van der Waals surface area (Å²) in [5, 5.41) is 3.26. The fraction of sp³-hybridized carbons (Fsp3) is 0.917. The van der Waals surface area contributed by atoms with E-state index in [1.165, 1.54) is 39.5 Å². The molecule has 0 bridgehead atoms. The largest absolute Gasteiger partial charge is 0.468 e. The lowest BCUT2D eigenvalue weighted by Crippen LogP contribution is -2.47. The Morgan fingerprint density at radius 1 is 1.31 bits per heavy atom. The first-order chi connectivity index (χ1) is 7.63. The van der Waals surface area contributed by atoms with Crippen LogP contribution in [0.25, 0.3) is 0 Å². The first-order valence-corrected chi connectivity index (χ1v) is 6.19. The monoisotopic (exact) mass is 228 g/mol. The molecule has 0 aromatic rings. The van der Waals surface area contributed by atoms with Crippen LogP contribution >= 0.6 is 0 Å². The van der Waals surface area contributed by atoms with Crippen molar-refractivity contribution in [3.63, 3.8) is 0 Å². The average Bonchev–Trinajstić information content (AvgIpc) is 2.29. The molecule has 1 rings (SSSR count). The molecule has 0 aromatic heterocycles. The van der Waals surface area contributed by atoms with Crippen molar-refractivity contribution in [1.82, 2.24) is 10.2 Å². The SMILES string of the molecule is COC(=O)C(C)NC(C)CN1CCCCC1. The first-order valence-electron chi connectivity index (χ1n) is 6.19. The standard InChI is InChI=1S/C12H24N2O2/c1-10(13-11(2)12(15)16-3)9-14-7-5-4-6-8-14/h10-11,13H,4-9H2,1-3H3. The van der Waals surface area contributed by atoms with Crippen LogP contribution in [0.15, 0.2) is 0 Å². The quantitative estimate of drug-likeness (QED) is 0.713. The number of methoxy groups -OCH3 is 1. The van der Waals surface area contributed by atoms with Gasteiger partial charge in [0.2, 0.25) is 0 Å². The molecule has 2 unspecified atom stereocenters. The second kappa shape index (κ2) is 6.86. The van der Waals surface area contributed by atoms with Gasteiger partial charge in [-0.1, -0.05) is 6.42 Å². The molecule has 0 radical (unpaired) electrons. The van der Waals surface area contributed by atoms with E-state index >= 15 is 0 Å². The maximum absolute atomic E-state index is 11.2. The smallest absolute Gasteiger partial charge is 0.322 e. The van der Waals surface area contributed by atoms with Gasteiger partial charge in [-0.3, -0.25) is 4.79 Å². The molecule has 0 aromatic carbocycles. The van der Waals surface area contributed by atoms with Gasteiger partial charge < -0.3 is 15.0 Å². The van der Waals surface area contributed by atoms with Crippen LogP contribution in [0.1, 0.15) is 33.1 Å². The molecule has 4 heteroatoms. The molecule has 4 nitrogen and oxygen atoms in total. The Kier molecular flexibility index (Phi) is 5.77. The topological polar surface area (TPSA) is 41.6 Å². The van der Waals surface area contributed by atoms with E-state index in [4.69, 9.17) is 0 Å². The highest BCUT2D eigenvalue weighted by atomic mass is 16.5. The molecule has 1 aliphatic rings. The highest BCUT2D eigenvalue weighted by molar-refractivity contribution is 5.75. The second-order valence-corrected chi connectivity index (χ2v) is 4.67. The number of hydrogen-bond donors (Lipinski definition) is 1. The number of carbonyl (C=O) groups is 1. The molecular weight excluding hydrogens is 204 g/mol. The van der Waals surface area contributed by atoms with Crippen molar-refractivity contribution in [2.75, 3.05) is 26.7 Å². The molecule has 0 amide bonds. The fourth-order valence-corrected chi connectivity index (χ4v) is 2.25. The van der Waals surface area contributed by atoms with Crippen molar-refractivity contribution in [3.05, 3.63) is 0 Å². The summed E-state index contributed by atoms with van der Waals surface area (Å²) >= 11 is 0. The molecule has 1 heterocycles. The lowest BCUT2D eigenvalue weighted by Gasteiger charge is -2.30. The minimum atomic E-state index is -0.218.